The van der Waals surface area contributed by atoms with E-state index in [1.54, 1.807) is 23.7 Å². The minimum atomic E-state index is -0.775. The van der Waals surface area contributed by atoms with Crippen molar-refractivity contribution < 1.29 is 15.1 Å². The van der Waals surface area contributed by atoms with Crippen molar-refractivity contribution >= 4 is 28.9 Å². The summed E-state index contributed by atoms with van der Waals surface area (Å²) in [5.74, 6) is -1.35. The topological polar surface area (TPSA) is 101 Å². The Morgan fingerprint density at radius 3 is 2.32 bits per heavy atom. The molecule has 3 rings (SSSR count). The van der Waals surface area contributed by atoms with E-state index in [9.17, 15) is 20.3 Å². The summed E-state index contributed by atoms with van der Waals surface area (Å²) in [7, 11) is 1.73. The van der Waals surface area contributed by atoms with Crippen LogP contribution < -0.4 is 0 Å². The van der Waals surface area contributed by atoms with Crippen LogP contribution in [0.4, 0.5) is 5.69 Å². The molecular weight excluding hydrogens is 369 g/mol. The van der Waals surface area contributed by atoms with Gasteiger partial charge in [0.1, 0.15) is 0 Å². The molecule has 25 heavy (non-hydrogen) atoms. The molecule has 9 heteroatoms. The van der Waals surface area contributed by atoms with Crippen molar-refractivity contribution in [3.63, 3.8) is 0 Å². The van der Waals surface area contributed by atoms with Gasteiger partial charge in [-0.25, -0.2) is 0 Å². The molecule has 0 saturated carbocycles. The standard InChI is InChI=1S/C16H11Cl2N3O4/c1-20-11(8-4-13(21(24)25)16(23)14(22)5-8)2-3-12(20)15-9(17)6-19-7-10(15)18/h2-7,22-23H,1H3. The summed E-state index contributed by atoms with van der Waals surface area (Å²) in [5, 5.41) is 31.2. The first-order chi connectivity index (χ1) is 11.8. The number of benzene rings is 1. The summed E-state index contributed by atoms with van der Waals surface area (Å²) in [6.07, 6.45) is 2.93. The summed E-state index contributed by atoms with van der Waals surface area (Å²) in [5.41, 5.74) is 1.58. The van der Waals surface area contributed by atoms with Crippen molar-refractivity contribution in [3.05, 3.63) is 56.8 Å². The van der Waals surface area contributed by atoms with Gasteiger partial charge in [0, 0.05) is 42.3 Å². The molecule has 0 spiro atoms. The Bertz CT molecular complexity index is 981. The average Bonchev–Trinajstić information content (AvgIpc) is 2.91. The van der Waals surface area contributed by atoms with Crippen LogP contribution in [0.25, 0.3) is 22.5 Å². The molecule has 0 amide bonds. The van der Waals surface area contributed by atoms with Crippen LogP contribution in [-0.2, 0) is 7.05 Å². The number of phenolic OH excluding ortho intramolecular Hbond substituents is 2. The smallest absolute Gasteiger partial charge is 0.315 e. The van der Waals surface area contributed by atoms with Gasteiger partial charge in [-0.3, -0.25) is 15.1 Å². The largest absolute Gasteiger partial charge is 0.504 e. The lowest BCUT2D eigenvalue weighted by atomic mass is 10.1. The van der Waals surface area contributed by atoms with Crippen molar-refractivity contribution in [1.82, 2.24) is 9.55 Å². The van der Waals surface area contributed by atoms with Crippen LogP contribution in [0.5, 0.6) is 11.5 Å². The van der Waals surface area contributed by atoms with E-state index in [1.807, 2.05) is 0 Å². The zero-order valence-electron chi connectivity index (χ0n) is 12.8. The van der Waals surface area contributed by atoms with Gasteiger partial charge in [0.25, 0.3) is 0 Å². The fourth-order valence-electron chi connectivity index (χ4n) is 2.60. The number of nitro groups is 1. The van der Waals surface area contributed by atoms with E-state index in [0.29, 0.717) is 32.6 Å². The molecule has 128 valence electrons. The van der Waals surface area contributed by atoms with E-state index in [4.69, 9.17) is 23.2 Å². The molecule has 2 aromatic heterocycles. The summed E-state index contributed by atoms with van der Waals surface area (Å²) in [6.45, 7) is 0. The first-order valence-electron chi connectivity index (χ1n) is 6.97. The Morgan fingerprint density at radius 2 is 1.72 bits per heavy atom. The normalized spacial score (nSPS) is 10.8. The van der Waals surface area contributed by atoms with Gasteiger partial charge in [-0.15, -0.1) is 0 Å². The van der Waals surface area contributed by atoms with Crippen LogP contribution in [0, 0.1) is 10.1 Å². The number of nitrogens with zero attached hydrogens (tertiary/aromatic N) is 3. The van der Waals surface area contributed by atoms with Crippen molar-refractivity contribution in [3.8, 4) is 34.0 Å². The van der Waals surface area contributed by atoms with E-state index in [0.717, 1.165) is 0 Å². The predicted molar refractivity (Wildman–Crippen MR) is 94.1 cm³/mol. The van der Waals surface area contributed by atoms with Gasteiger partial charge >= 0.3 is 5.69 Å². The quantitative estimate of drug-likeness (QED) is 0.399. The number of pyridine rings is 1. The van der Waals surface area contributed by atoms with Gasteiger partial charge in [-0.2, -0.15) is 0 Å². The van der Waals surface area contributed by atoms with E-state index < -0.39 is 22.1 Å². The zero-order valence-corrected chi connectivity index (χ0v) is 14.3. The van der Waals surface area contributed by atoms with E-state index in [2.05, 4.69) is 4.98 Å². The van der Waals surface area contributed by atoms with Gasteiger partial charge in [0.05, 0.1) is 20.7 Å². The lowest BCUT2D eigenvalue weighted by Crippen LogP contribution is -1.97. The number of rotatable bonds is 3. The molecule has 0 unspecified atom stereocenters. The third kappa shape index (κ3) is 2.88. The van der Waals surface area contributed by atoms with Gasteiger partial charge in [0.15, 0.2) is 5.75 Å². The number of aromatic nitrogens is 2. The molecule has 0 fully saturated rings. The maximum Gasteiger partial charge on any atom is 0.315 e. The van der Waals surface area contributed by atoms with Crippen LogP contribution in [0.2, 0.25) is 10.0 Å². The first kappa shape index (κ1) is 17.1. The fraction of sp³-hybridized carbons (Fsp3) is 0.0625. The average molecular weight is 380 g/mol. The molecule has 3 aromatic rings. The summed E-state index contributed by atoms with van der Waals surface area (Å²) in [4.78, 5) is 14.2. The molecule has 0 radical (unpaired) electrons. The monoisotopic (exact) mass is 379 g/mol. The molecule has 7 nitrogen and oxygen atoms in total. The maximum absolute atomic E-state index is 11.0. The number of nitro benzene ring substituents is 1. The lowest BCUT2D eigenvalue weighted by Gasteiger charge is -2.11. The fourth-order valence-corrected chi connectivity index (χ4v) is 3.16. The molecule has 0 atom stereocenters. The maximum atomic E-state index is 11.0. The van der Waals surface area contributed by atoms with Crippen molar-refractivity contribution in [2.24, 2.45) is 7.05 Å². The molecule has 0 aliphatic rings. The van der Waals surface area contributed by atoms with Gasteiger partial charge in [-0.1, -0.05) is 23.2 Å². The molecular formula is C16H11Cl2N3O4. The van der Waals surface area contributed by atoms with E-state index in [-0.39, 0.29) is 0 Å². The third-order valence-electron chi connectivity index (χ3n) is 3.79. The molecule has 0 aliphatic carbocycles. The first-order valence-corrected chi connectivity index (χ1v) is 7.72. The zero-order chi connectivity index (χ0) is 18.3. The van der Waals surface area contributed by atoms with Crippen LogP contribution in [-0.4, -0.2) is 24.7 Å². The molecule has 1 aromatic carbocycles. The van der Waals surface area contributed by atoms with Gasteiger partial charge in [-0.05, 0) is 18.2 Å². The number of hydrogen-bond donors (Lipinski definition) is 2. The second kappa shape index (κ2) is 6.27. The van der Waals surface area contributed by atoms with Crippen LogP contribution in [0.3, 0.4) is 0 Å². The second-order valence-corrected chi connectivity index (χ2v) is 6.08. The number of aromatic hydroxyl groups is 2. The Balaban J connectivity index is 2.19. The highest BCUT2D eigenvalue weighted by atomic mass is 35.5. The minimum Gasteiger partial charge on any atom is -0.504 e. The number of hydrogen-bond acceptors (Lipinski definition) is 5. The summed E-state index contributed by atoms with van der Waals surface area (Å²) < 4.78 is 1.72. The molecule has 2 heterocycles. The minimum absolute atomic E-state index is 0.358. The van der Waals surface area contributed by atoms with Crippen LogP contribution in [0.15, 0.2) is 36.7 Å². The Morgan fingerprint density at radius 1 is 1.12 bits per heavy atom. The third-order valence-corrected chi connectivity index (χ3v) is 4.37. The summed E-state index contributed by atoms with van der Waals surface area (Å²) in [6, 6.07) is 5.89. The number of halogens is 2. The highest BCUT2D eigenvalue weighted by Gasteiger charge is 2.21. The molecule has 0 saturated heterocycles. The van der Waals surface area contributed by atoms with Crippen LogP contribution >= 0.6 is 23.2 Å². The Hall–Kier alpha value is -2.77. The van der Waals surface area contributed by atoms with E-state index in [1.165, 1.54) is 24.5 Å². The van der Waals surface area contributed by atoms with Crippen molar-refractivity contribution in [2.75, 3.05) is 0 Å². The van der Waals surface area contributed by atoms with E-state index >= 15 is 0 Å². The Kier molecular flexibility index (Phi) is 4.28. The lowest BCUT2D eigenvalue weighted by molar-refractivity contribution is -0.385. The predicted octanol–water partition coefficient (Wildman–Crippen LogP) is 4.38. The molecule has 0 bridgehead atoms. The van der Waals surface area contributed by atoms with Crippen molar-refractivity contribution in [2.45, 2.75) is 0 Å². The van der Waals surface area contributed by atoms with Gasteiger partial charge < -0.3 is 14.8 Å². The molecule has 0 aliphatic heterocycles. The highest BCUT2D eigenvalue weighted by Crippen LogP contribution is 2.41. The number of phenols is 2. The SMILES string of the molecule is Cn1c(-c2cc(O)c(O)c([N+](=O)[O-])c2)ccc1-c1c(Cl)cncc1Cl. The Labute approximate surface area is 151 Å². The second-order valence-electron chi connectivity index (χ2n) is 5.26. The highest BCUT2D eigenvalue weighted by molar-refractivity contribution is 6.38. The van der Waals surface area contributed by atoms with Crippen LogP contribution in [0.1, 0.15) is 0 Å². The summed E-state index contributed by atoms with van der Waals surface area (Å²) >= 11 is 12.4. The van der Waals surface area contributed by atoms with Crippen molar-refractivity contribution in [1.29, 1.82) is 0 Å². The molecule has 2 N–H and O–H groups in total. The van der Waals surface area contributed by atoms with Gasteiger partial charge in [0.2, 0.25) is 5.75 Å².